The molecule has 0 bridgehead atoms. The molecule has 2 fully saturated rings. The fourth-order valence-electron chi connectivity index (χ4n) is 1.93. The van der Waals surface area contributed by atoms with E-state index in [1.807, 2.05) is 10.6 Å². The van der Waals surface area contributed by atoms with Crippen LogP contribution in [0.15, 0.2) is 0 Å². The van der Waals surface area contributed by atoms with E-state index in [2.05, 4.69) is 18.9 Å². The van der Waals surface area contributed by atoms with E-state index in [1.54, 1.807) is 0 Å². The third kappa shape index (κ3) is 4.98. The van der Waals surface area contributed by atoms with E-state index in [0.717, 1.165) is 0 Å². The highest BCUT2D eigenvalue weighted by Gasteiger charge is 2.45. The summed E-state index contributed by atoms with van der Waals surface area (Å²) in [5.41, 5.74) is 0. The largest absolute Gasteiger partial charge is 0.513 e. The summed E-state index contributed by atoms with van der Waals surface area (Å²) in [6, 6.07) is 0. The molecule has 0 aromatic heterocycles. The Morgan fingerprint density at radius 2 is 1.33 bits per heavy atom. The van der Waals surface area contributed by atoms with Gasteiger partial charge in [-0.3, -0.25) is 29.8 Å². The quantitative estimate of drug-likeness (QED) is 0.196. The molecule has 2 rings (SSSR count). The molecule has 0 spiro atoms. The van der Waals surface area contributed by atoms with Gasteiger partial charge in [-0.05, 0) is 0 Å². The van der Waals surface area contributed by atoms with Crippen molar-refractivity contribution in [2.75, 3.05) is 0 Å². The Balaban J connectivity index is 1.96. The SMILES string of the molecule is CC(OC(=O)OC1CC(=O)NC1=O)(OC(=O)OC1CC(=O)NC1=O)S(=O)O. The van der Waals surface area contributed by atoms with Crippen LogP contribution in [0.5, 0.6) is 0 Å². The van der Waals surface area contributed by atoms with Crippen LogP contribution in [0.2, 0.25) is 0 Å². The number of rotatable bonds is 5. The third-order valence-electron chi connectivity index (χ3n) is 3.18. The summed E-state index contributed by atoms with van der Waals surface area (Å²) in [5, 5.41) is 0.854. The number of carbonyl (C=O) groups is 6. The molecule has 2 aliphatic rings. The lowest BCUT2D eigenvalue weighted by Gasteiger charge is -2.25. The van der Waals surface area contributed by atoms with Crippen LogP contribution in [0.25, 0.3) is 0 Å². The zero-order valence-corrected chi connectivity index (χ0v) is 14.2. The first-order valence-electron chi connectivity index (χ1n) is 7.08. The summed E-state index contributed by atoms with van der Waals surface area (Å²) >= 11 is -3.13. The van der Waals surface area contributed by atoms with Crippen LogP contribution < -0.4 is 10.6 Å². The highest BCUT2D eigenvalue weighted by molar-refractivity contribution is 7.80. The normalized spacial score (nSPS) is 25.1. The molecule has 4 amide bonds. The van der Waals surface area contributed by atoms with Gasteiger partial charge in [0.2, 0.25) is 22.9 Å². The molecule has 2 heterocycles. The Labute approximate surface area is 152 Å². The molecule has 0 aromatic carbocycles. The zero-order valence-electron chi connectivity index (χ0n) is 13.4. The molecule has 14 nitrogen and oxygen atoms in total. The first kappa shape index (κ1) is 20.2. The minimum Gasteiger partial charge on any atom is -0.420 e. The second-order valence-corrected chi connectivity index (χ2v) is 6.50. The number of carbonyl (C=O) groups excluding carboxylic acids is 6. The van der Waals surface area contributed by atoms with Gasteiger partial charge in [-0.15, -0.1) is 0 Å². The maximum atomic E-state index is 11.7. The smallest absolute Gasteiger partial charge is 0.420 e. The van der Waals surface area contributed by atoms with Crippen molar-refractivity contribution in [2.45, 2.75) is 37.1 Å². The van der Waals surface area contributed by atoms with Gasteiger partial charge < -0.3 is 23.5 Å². The van der Waals surface area contributed by atoms with Crippen LogP contribution in [0.3, 0.4) is 0 Å². The summed E-state index contributed by atoms with van der Waals surface area (Å²) in [6.07, 6.45) is -7.42. The van der Waals surface area contributed by atoms with Crippen LogP contribution in [-0.2, 0) is 49.2 Å². The summed E-state index contributed by atoms with van der Waals surface area (Å²) in [6.45, 7) is 0.686. The molecule has 3 unspecified atom stereocenters. The number of ether oxygens (including phenoxy) is 4. The second kappa shape index (κ2) is 7.67. The molecule has 15 heteroatoms. The van der Waals surface area contributed by atoms with E-state index >= 15 is 0 Å². The highest BCUT2D eigenvalue weighted by atomic mass is 32.2. The molecule has 0 radical (unpaired) electrons. The van der Waals surface area contributed by atoms with Crippen molar-refractivity contribution in [1.82, 2.24) is 10.6 Å². The van der Waals surface area contributed by atoms with Crippen molar-refractivity contribution in [1.29, 1.82) is 0 Å². The minimum absolute atomic E-state index is 0.486. The van der Waals surface area contributed by atoms with Gasteiger partial charge in [-0.1, -0.05) is 0 Å². The first-order chi connectivity index (χ1) is 12.5. The van der Waals surface area contributed by atoms with Crippen LogP contribution >= 0.6 is 0 Å². The molecule has 27 heavy (non-hydrogen) atoms. The predicted molar refractivity (Wildman–Crippen MR) is 77.4 cm³/mol. The van der Waals surface area contributed by atoms with Gasteiger partial charge >= 0.3 is 17.4 Å². The molecule has 2 aliphatic heterocycles. The summed E-state index contributed by atoms with van der Waals surface area (Å²) in [7, 11) is 0. The Morgan fingerprint density at radius 3 is 1.59 bits per heavy atom. The van der Waals surface area contributed by atoms with Gasteiger partial charge in [-0.25, -0.2) is 13.8 Å². The zero-order chi connectivity index (χ0) is 20.4. The van der Waals surface area contributed by atoms with Crippen molar-refractivity contribution in [3.63, 3.8) is 0 Å². The van der Waals surface area contributed by atoms with Crippen molar-refractivity contribution in [2.24, 2.45) is 0 Å². The van der Waals surface area contributed by atoms with E-state index in [9.17, 15) is 37.5 Å². The minimum atomic E-state index is -3.13. The molecule has 3 atom stereocenters. The highest BCUT2D eigenvalue weighted by Crippen LogP contribution is 2.21. The predicted octanol–water partition coefficient (Wildman–Crippen LogP) is -1.98. The van der Waals surface area contributed by atoms with Crippen molar-refractivity contribution in [3.8, 4) is 0 Å². The number of hydrogen-bond acceptors (Lipinski definition) is 11. The monoisotopic (exact) mass is 408 g/mol. The van der Waals surface area contributed by atoms with E-state index in [1.165, 1.54) is 0 Å². The second-order valence-electron chi connectivity index (χ2n) is 5.26. The lowest BCUT2D eigenvalue weighted by atomic mass is 10.3. The van der Waals surface area contributed by atoms with Crippen LogP contribution in [-0.4, -0.2) is 62.0 Å². The average molecular weight is 408 g/mol. The number of amides is 4. The molecule has 2 saturated heterocycles. The topological polar surface area (TPSA) is 201 Å². The molecule has 0 saturated carbocycles. The Morgan fingerprint density at radius 1 is 0.963 bits per heavy atom. The first-order valence-corrected chi connectivity index (χ1v) is 8.18. The maximum Gasteiger partial charge on any atom is 0.513 e. The van der Waals surface area contributed by atoms with Crippen LogP contribution in [0, 0.1) is 0 Å². The summed E-state index contributed by atoms with van der Waals surface area (Å²) in [5.74, 6) is -3.28. The van der Waals surface area contributed by atoms with Crippen molar-refractivity contribution >= 4 is 47.0 Å². The van der Waals surface area contributed by atoms with Gasteiger partial charge in [0.25, 0.3) is 11.8 Å². The van der Waals surface area contributed by atoms with Gasteiger partial charge in [0, 0.05) is 6.92 Å². The van der Waals surface area contributed by atoms with Gasteiger partial charge in [-0.2, -0.15) is 0 Å². The molecule has 3 N–H and O–H groups in total. The van der Waals surface area contributed by atoms with E-state index < -0.39 is 77.2 Å². The molecular weight excluding hydrogens is 396 g/mol. The van der Waals surface area contributed by atoms with Gasteiger partial charge in [0.05, 0.1) is 12.8 Å². The molecule has 0 aromatic rings. The summed E-state index contributed by atoms with van der Waals surface area (Å²) < 4.78 is 38.5. The third-order valence-corrected chi connectivity index (χ3v) is 3.98. The fraction of sp³-hybridized carbons (Fsp3) is 0.500. The van der Waals surface area contributed by atoms with E-state index in [-0.39, 0.29) is 0 Å². The average Bonchev–Trinajstić information content (AvgIpc) is 2.99. The van der Waals surface area contributed by atoms with Gasteiger partial charge in [0.15, 0.2) is 12.2 Å². The van der Waals surface area contributed by atoms with Crippen LogP contribution in [0.4, 0.5) is 9.59 Å². The standard InChI is InChI=1S/C12H12N2O12S/c1-12(27(21)22,25-10(19)23-4-2-6(15)13-8(4)17)26-11(20)24-5-3-7(16)14-9(5)18/h4-5H,2-3H2,1H3,(H,21,22)(H,13,15,17)(H,14,16,18). The summed E-state index contributed by atoms with van der Waals surface area (Å²) in [4.78, 5) is 68.0. The number of nitrogens with one attached hydrogen (secondary N) is 2. The van der Waals surface area contributed by atoms with Crippen LogP contribution in [0.1, 0.15) is 19.8 Å². The molecule has 0 aliphatic carbocycles. The van der Waals surface area contributed by atoms with Crippen molar-refractivity contribution in [3.05, 3.63) is 0 Å². The van der Waals surface area contributed by atoms with E-state index in [4.69, 9.17) is 0 Å². The Kier molecular flexibility index (Phi) is 5.75. The van der Waals surface area contributed by atoms with E-state index in [0.29, 0.717) is 6.92 Å². The Hall–Kier alpha value is -3.07. The lowest BCUT2D eigenvalue weighted by molar-refractivity contribution is -0.146. The lowest BCUT2D eigenvalue weighted by Crippen LogP contribution is -2.43. The Bertz CT molecular complexity index is 697. The fourth-order valence-corrected chi connectivity index (χ4v) is 2.20. The van der Waals surface area contributed by atoms with Crippen molar-refractivity contribution < 1.29 is 56.5 Å². The number of imide groups is 2. The number of hydrogen-bond donors (Lipinski definition) is 3. The molecule has 148 valence electrons. The maximum absolute atomic E-state index is 11.7. The van der Waals surface area contributed by atoms with Gasteiger partial charge in [0.1, 0.15) is 0 Å². The molecular formula is C12H12N2O12S.